The van der Waals surface area contributed by atoms with E-state index in [-0.39, 0.29) is 54.1 Å². The second-order valence-corrected chi connectivity index (χ2v) is 12.2. The van der Waals surface area contributed by atoms with E-state index in [1.54, 1.807) is 31.2 Å². The van der Waals surface area contributed by atoms with E-state index >= 15 is 0 Å². The number of pyridine rings is 2. The van der Waals surface area contributed by atoms with Gasteiger partial charge in [-0.3, -0.25) is 19.2 Å². The molecule has 0 spiro atoms. The standard InChI is InChI=1S/C31H25ClF3N7O4S/c1-16-39-22-13-38-28(41-8-7-40(2)24(14-41)31(33,34)35)20(12-36)25(22)29(43)42(16)9-10-46-23-4-3-17(32)11-19(23)18-5-6-37-26-21(30(44)45)15-47-27(18)26/h3-6,11,13,15,24H,7-10,14H2,1-2H3,(H,44,45). The lowest BCUT2D eigenvalue weighted by molar-refractivity contribution is -0.180. The average molecular weight is 684 g/mol. The van der Waals surface area contributed by atoms with Crippen LogP contribution in [0.1, 0.15) is 21.7 Å². The topological polar surface area (TPSA) is 137 Å². The van der Waals surface area contributed by atoms with Crippen molar-refractivity contribution in [2.45, 2.75) is 25.7 Å². The van der Waals surface area contributed by atoms with Crippen molar-refractivity contribution in [1.82, 2.24) is 24.4 Å². The van der Waals surface area contributed by atoms with Gasteiger partial charge in [0.25, 0.3) is 5.56 Å². The molecule has 0 bridgehead atoms. The first kappa shape index (κ1) is 32.2. The molecule has 1 aromatic carbocycles. The van der Waals surface area contributed by atoms with Gasteiger partial charge in [0.1, 0.15) is 41.7 Å². The Kier molecular flexibility index (Phi) is 8.51. The number of piperazine rings is 1. The lowest BCUT2D eigenvalue weighted by Crippen LogP contribution is -2.57. The van der Waals surface area contributed by atoms with Gasteiger partial charge >= 0.3 is 12.1 Å². The molecular weight excluding hydrogens is 659 g/mol. The molecule has 5 aromatic rings. The zero-order valence-corrected chi connectivity index (χ0v) is 26.4. The van der Waals surface area contributed by atoms with Gasteiger partial charge in [-0.15, -0.1) is 11.3 Å². The summed E-state index contributed by atoms with van der Waals surface area (Å²) in [6, 6.07) is 6.96. The maximum atomic E-state index is 13.8. The number of fused-ring (bicyclic) bond motifs is 2. The fourth-order valence-corrected chi connectivity index (χ4v) is 6.92. The fraction of sp³-hybridized carbons (Fsp3) is 0.290. The van der Waals surface area contributed by atoms with Gasteiger partial charge in [0.05, 0.1) is 39.4 Å². The van der Waals surface area contributed by atoms with Crippen molar-refractivity contribution in [3.8, 4) is 22.9 Å². The SMILES string of the molecule is Cc1nc2cnc(N3CCN(C)C(C(F)(F)F)C3)c(C#N)c2c(=O)n1CCOc1ccc(Cl)cc1-c1ccnc2c(C(=O)O)csc12. The van der Waals surface area contributed by atoms with Crippen LogP contribution in [-0.2, 0) is 6.54 Å². The van der Waals surface area contributed by atoms with Crippen LogP contribution in [0.15, 0.2) is 46.8 Å². The summed E-state index contributed by atoms with van der Waals surface area (Å²) in [5.41, 5.74) is 1.14. The summed E-state index contributed by atoms with van der Waals surface area (Å²) >= 11 is 7.56. The van der Waals surface area contributed by atoms with Gasteiger partial charge < -0.3 is 14.7 Å². The molecule has 1 atom stereocenters. The van der Waals surface area contributed by atoms with Gasteiger partial charge in [-0.25, -0.2) is 14.8 Å². The minimum absolute atomic E-state index is 0.00186. The number of benzene rings is 1. The van der Waals surface area contributed by atoms with E-state index in [2.05, 4.69) is 15.0 Å². The van der Waals surface area contributed by atoms with Crippen LogP contribution in [0, 0.1) is 18.3 Å². The molecule has 16 heteroatoms. The molecule has 0 radical (unpaired) electrons. The van der Waals surface area contributed by atoms with Crippen LogP contribution in [0.2, 0.25) is 5.02 Å². The Morgan fingerprint density at radius 2 is 2.02 bits per heavy atom. The zero-order valence-electron chi connectivity index (χ0n) is 24.9. The lowest BCUT2D eigenvalue weighted by Gasteiger charge is -2.40. The number of carbonyl (C=O) groups is 1. The molecule has 1 aliphatic rings. The van der Waals surface area contributed by atoms with E-state index in [4.69, 9.17) is 16.3 Å². The fourth-order valence-electron chi connectivity index (χ4n) is 5.72. The van der Waals surface area contributed by atoms with E-state index in [1.165, 1.54) is 50.5 Å². The molecule has 1 fully saturated rings. The number of thiophene rings is 1. The number of aromatic nitrogens is 4. The number of carboxylic acids is 1. The van der Waals surface area contributed by atoms with Crippen molar-refractivity contribution >= 4 is 55.8 Å². The second kappa shape index (κ2) is 12.4. The summed E-state index contributed by atoms with van der Waals surface area (Å²) in [7, 11) is 1.39. The zero-order chi connectivity index (χ0) is 33.6. The maximum absolute atomic E-state index is 13.8. The van der Waals surface area contributed by atoms with E-state index in [0.29, 0.717) is 37.9 Å². The molecule has 1 saturated heterocycles. The van der Waals surface area contributed by atoms with Crippen LogP contribution in [0.3, 0.4) is 0 Å². The quantitative estimate of drug-likeness (QED) is 0.239. The third-order valence-corrected chi connectivity index (χ3v) is 9.33. The summed E-state index contributed by atoms with van der Waals surface area (Å²) in [5, 5.41) is 21.6. The summed E-state index contributed by atoms with van der Waals surface area (Å²) in [4.78, 5) is 41.1. The van der Waals surface area contributed by atoms with Gasteiger partial charge in [0.15, 0.2) is 0 Å². The molecule has 5 heterocycles. The number of hydrogen-bond acceptors (Lipinski definition) is 10. The number of nitriles is 1. The van der Waals surface area contributed by atoms with Gasteiger partial charge in [-0.05, 0) is 38.2 Å². The van der Waals surface area contributed by atoms with E-state index in [0.717, 1.165) is 0 Å². The summed E-state index contributed by atoms with van der Waals surface area (Å²) in [6.45, 7) is 1.48. The molecule has 4 aromatic heterocycles. The summed E-state index contributed by atoms with van der Waals surface area (Å²) in [5.74, 6) is -0.342. The molecule has 0 amide bonds. The normalized spacial score (nSPS) is 15.7. The first-order valence-electron chi connectivity index (χ1n) is 14.2. The number of rotatable bonds is 7. The molecule has 1 unspecified atom stereocenters. The van der Waals surface area contributed by atoms with Crippen LogP contribution in [0.4, 0.5) is 19.0 Å². The van der Waals surface area contributed by atoms with Crippen LogP contribution in [-0.4, -0.2) is 81.0 Å². The Balaban J connectivity index is 1.31. The smallest absolute Gasteiger partial charge is 0.405 e. The molecule has 0 saturated carbocycles. The maximum Gasteiger partial charge on any atom is 0.405 e. The number of nitrogens with zero attached hydrogens (tertiary/aromatic N) is 7. The molecular formula is C31H25ClF3N7O4S. The van der Waals surface area contributed by atoms with E-state index < -0.39 is 30.3 Å². The van der Waals surface area contributed by atoms with E-state index in [1.807, 2.05) is 6.07 Å². The predicted molar refractivity (Wildman–Crippen MR) is 170 cm³/mol. The van der Waals surface area contributed by atoms with Crippen LogP contribution in [0.25, 0.3) is 32.2 Å². The highest BCUT2D eigenvalue weighted by molar-refractivity contribution is 7.18. The van der Waals surface area contributed by atoms with Gasteiger partial charge in [-0.2, -0.15) is 18.4 Å². The van der Waals surface area contributed by atoms with Crippen molar-refractivity contribution in [3.05, 3.63) is 74.4 Å². The highest BCUT2D eigenvalue weighted by atomic mass is 35.5. The van der Waals surface area contributed by atoms with E-state index in [9.17, 15) is 33.1 Å². The predicted octanol–water partition coefficient (Wildman–Crippen LogP) is 5.36. The molecule has 1 N–H and O–H groups in total. The van der Waals surface area contributed by atoms with Crippen molar-refractivity contribution in [1.29, 1.82) is 5.26 Å². The Morgan fingerprint density at radius 3 is 2.74 bits per heavy atom. The van der Waals surface area contributed by atoms with Gasteiger partial charge in [0.2, 0.25) is 0 Å². The molecule has 47 heavy (non-hydrogen) atoms. The number of ether oxygens (including phenoxy) is 1. The Bertz CT molecular complexity index is 2150. The number of aryl methyl sites for hydroxylation is 1. The van der Waals surface area contributed by atoms with Gasteiger partial charge in [0, 0.05) is 47.4 Å². The first-order chi connectivity index (χ1) is 22.4. The highest BCUT2D eigenvalue weighted by Crippen LogP contribution is 2.39. The highest BCUT2D eigenvalue weighted by Gasteiger charge is 2.45. The number of anilines is 1. The number of alkyl halides is 3. The Morgan fingerprint density at radius 1 is 1.23 bits per heavy atom. The Hall–Kier alpha value is -4.78. The minimum Gasteiger partial charge on any atom is -0.491 e. The lowest BCUT2D eigenvalue weighted by atomic mass is 10.0. The third-order valence-electron chi connectivity index (χ3n) is 8.10. The van der Waals surface area contributed by atoms with Crippen molar-refractivity contribution in [2.24, 2.45) is 0 Å². The number of likely N-dealkylation sites (N-methyl/N-ethyl adjacent to an activating group) is 1. The van der Waals surface area contributed by atoms with Crippen molar-refractivity contribution in [2.75, 3.05) is 38.2 Å². The van der Waals surface area contributed by atoms with Crippen LogP contribution >= 0.6 is 22.9 Å². The second-order valence-electron chi connectivity index (χ2n) is 10.9. The number of halogens is 4. The molecule has 242 valence electrons. The van der Waals surface area contributed by atoms with Gasteiger partial charge in [-0.1, -0.05) is 11.6 Å². The third kappa shape index (κ3) is 5.95. The number of hydrogen-bond donors (Lipinski definition) is 1. The van der Waals surface area contributed by atoms with Crippen molar-refractivity contribution < 1.29 is 27.8 Å². The van der Waals surface area contributed by atoms with Crippen LogP contribution < -0.4 is 15.2 Å². The summed E-state index contributed by atoms with van der Waals surface area (Å²) in [6.07, 6.45) is -1.68. The monoisotopic (exact) mass is 683 g/mol. The first-order valence-corrected chi connectivity index (χ1v) is 15.5. The molecule has 1 aliphatic heterocycles. The molecule has 6 rings (SSSR count). The van der Waals surface area contributed by atoms with Crippen LogP contribution in [0.5, 0.6) is 5.75 Å². The molecule has 0 aliphatic carbocycles. The average Bonchev–Trinajstić information content (AvgIpc) is 3.47. The summed E-state index contributed by atoms with van der Waals surface area (Å²) < 4.78 is 49.2. The number of aromatic carboxylic acids is 1. The minimum atomic E-state index is -4.49. The largest absolute Gasteiger partial charge is 0.491 e. The van der Waals surface area contributed by atoms with Crippen molar-refractivity contribution in [3.63, 3.8) is 0 Å². The molecule has 11 nitrogen and oxygen atoms in total. The Labute approximate surface area is 274 Å². The number of carboxylic acid groups (broad SMARTS) is 1.